The summed E-state index contributed by atoms with van der Waals surface area (Å²) >= 11 is 0. The number of carbonyl (C=O) groups excluding carboxylic acids is 1. The van der Waals surface area contributed by atoms with E-state index in [1.807, 2.05) is 18.2 Å². The Kier molecular flexibility index (Phi) is 7.70. The third-order valence-electron chi connectivity index (χ3n) is 8.10. The number of benzene rings is 2. The Morgan fingerprint density at radius 3 is 2.68 bits per heavy atom. The first-order valence-electron chi connectivity index (χ1n) is 12.7. The predicted octanol–water partition coefficient (Wildman–Crippen LogP) is 5.32. The molecular weight excluding hydrogens is 477 g/mol. The number of likely N-dealkylation sites (tertiary alicyclic amines) is 1. The lowest BCUT2D eigenvalue weighted by Crippen LogP contribution is -2.62. The van der Waals surface area contributed by atoms with Crippen molar-refractivity contribution in [2.75, 3.05) is 33.8 Å². The molecule has 0 bridgehead atoms. The summed E-state index contributed by atoms with van der Waals surface area (Å²) in [6.45, 7) is 6.97. The molecule has 4 rings (SSSR count). The van der Waals surface area contributed by atoms with E-state index in [4.69, 9.17) is 4.74 Å². The number of quaternary nitrogens is 1. The van der Waals surface area contributed by atoms with Crippen LogP contribution in [0.5, 0.6) is 5.75 Å². The summed E-state index contributed by atoms with van der Waals surface area (Å²) in [6.07, 6.45) is 1.25. The van der Waals surface area contributed by atoms with Crippen LogP contribution in [0.1, 0.15) is 42.4 Å². The number of alkyl halides is 3. The van der Waals surface area contributed by atoms with Gasteiger partial charge < -0.3 is 14.5 Å². The number of ether oxygens (including phenoxy) is 1. The Bertz CT molecular complexity index is 1200. The van der Waals surface area contributed by atoms with Crippen LogP contribution in [0.25, 0.3) is 0 Å². The van der Waals surface area contributed by atoms with Gasteiger partial charge in [0.2, 0.25) is 0 Å². The number of hydrogen-bond acceptors (Lipinski definition) is 2. The van der Waals surface area contributed by atoms with E-state index in [0.717, 1.165) is 67.7 Å². The summed E-state index contributed by atoms with van der Waals surface area (Å²) < 4.78 is 44.8. The molecule has 0 spiro atoms. The highest BCUT2D eigenvalue weighted by molar-refractivity contribution is 5.94. The van der Waals surface area contributed by atoms with Crippen molar-refractivity contribution in [2.24, 2.45) is 5.92 Å². The largest absolute Gasteiger partial charge is 0.497 e. The fourth-order valence-corrected chi connectivity index (χ4v) is 6.18. The molecule has 196 valence electrons. The second kappa shape index (κ2) is 10.6. The number of nitrogens with zero attached hydrogens (tertiary/aromatic N) is 1. The Morgan fingerprint density at radius 1 is 1.24 bits per heavy atom. The zero-order chi connectivity index (χ0) is 26.7. The molecule has 2 fully saturated rings. The van der Waals surface area contributed by atoms with Gasteiger partial charge in [0.05, 0.1) is 39.4 Å². The molecule has 2 aromatic rings. The SMILES string of the molecule is C=CC[N@@+]1(C)CC[C@@]2(c3cccc(OC)c3)C[C@@H](NC(=O)C#Cc3ccc(C(F)(F)F)cc3)CCC2C1. The number of nitrogens with one attached hydrogen (secondary N) is 1. The lowest BCUT2D eigenvalue weighted by Gasteiger charge is -2.55. The topological polar surface area (TPSA) is 38.3 Å². The minimum atomic E-state index is -4.40. The van der Waals surface area contributed by atoms with Crippen molar-refractivity contribution in [3.8, 4) is 17.6 Å². The van der Waals surface area contributed by atoms with E-state index in [0.29, 0.717) is 11.5 Å². The van der Waals surface area contributed by atoms with Crippen LogP contribution < -0.4 is 10.1 Å². The fourth-order valence-electron chi connectivity index (χ4n) is 6.18. The maximum atomic E-state index is 12.8. The van der Waals surface area contributed by atoms with Gasteiger partial charge in [-0.1, -0.05) is 24.6 Å². The van der Waals surface area contributed by atoms with Gasteiger partial charge in [0.25, 0.3) is 5.91 Å². The van der Waals surface area contributed by atoms with Gasteiger partial charge in [0, 0.05) is 35.3 Å². The van der Waals surface area contributed by atoms with Crippen molar-refractivity contribution in [1.29, 1.82) is 0 Å². The third kappa shape index (κ3) is 6.02. The van der Waals surface area contributed by atoms with E-state index in [1.54, 1.807) is 7.11 Å². The number of hydrogen-bond donors (Lipinski definition) is 1. The average Bonchev–Trinajstić information content (AvgIpc) is 2.87. The van der Waals surface area contributed by atoms with Crippen molar-refractivity contribution in [1.82, 2.24) is 5.32 Å². The molecule has 1 heterocycles. The normalized spacial score (nSPS) is 27.3. The minimum absolute atomic E-state index is 0.0342. The van der Waals surface area contributed by atoms with Gasteiger partial charge in [0.1, 0.15) is 5.75 Å². The highest BCUT2D eigenvalue weighted by atomic mass is 19.4. The number of halogens is 3. The fraction of sp³-hybridized carbons (Fsp3) is 0.433. The van der Waals surface area contributed by atoms with E-state index in [9.17, 15) is 18.0 Å². The summed E-state index contributed by atoms with van der Waals surface area (Å²) in [4.78, 5) is 12.7. The van der Waals surface area contributed by atoms with Crippen LogP contribution in [0, 0.1) is 17.8 Å². The van der Waals surface area contributed by atoms with Crippen LogP contribution in [0.15, 0.2) is 61.2 Å². The molecular formula is C30H34F3N2O2+. The minimum Gasteiger partial charge on any atom is -0.497 e. The second-order valence-electron chi connectivity index (χ2n) is 10.6. The molecule has 0 aromatic heterocycles. The second-order valence-corrected chi connectivity index (χ2v) is 10.6. The molecule has 4 nitrogen and oxygen atoms in total. The molecule has 0 radical (unpaired) electrons. The zero-order valence-electron chi connectivity index (χ0n) is 21.4. The molecule has 1 aliphatic carbocycles. The van der Waals surface area contributed by atoms with Crippen LogP contribution in [-0.2, 0) is 16.4 Å². The van der Waals surface area contributed by atoms with Crippen LogP contribution in [0.4, 0.5) is 13.2 Å². The van der Waals surface area contributed by atoms with Crippen molar-refractivity contribution in [3.05, 3.63) is 77.9 Å². The van der Waals surface area contributed by atoms with Crippen LogP contribution in [-0.4, -0.2) is 50.2 Å². The molecule has 7 heteroatoms. The monoisotopic (exact) mass is 511 g/mol. The van der Waals surface area contributed by atoms with Gasteiger partial charge in [-0.15, -0.1) is 0 Å². The van der Waals surface area contributed by atoms with E-state index in [-0.39, 0.29) is 11.5 Å². The van der Waals surface area contributed by atoms with Gasteiger partial charge in [-0.3, -0.25) is 4.79 Å². The molecule has 37 heavy (non-hydrogen) atoms. The van der Waals surface area contributed by atoms with Crippen molar-refractivity contribution in [3.63, 3.8) is 0 Å². The number of likely N-dealkylation sites (N-methyl/N-ethyl adjacent to an activating group) is 1. The lowest BCUT2D eigenvalue weighted by atomic mass is 9.57. The molecule has 1 saturated carbocycles. The standard InChI is InChI=1S/C30H33F3N2O2/c1-4-17-35(2)18-16-29(24-6-5-7-27(19-24)37-3)20-26(14-13-25(29)21-35)34-28(36)15-10-22-8-11-23(12-9-22)30(31,32)33/h4-9,11-12,19,25-26H,1,13-14,16-18,20-21H2,2-3H3/p+1/t25?,26-,29-,35-/m0/s1. The molecule has 1 amide bonds. The Morgan fingerprint density at radius 2 is 2.00 bits per heavy atom. The lowest BCUT2D eigenvalue weighted by molar-refractivity contribution is -0.914. The van der Waals surface area contributed by atoms with Crippen LogP contribution in [0.3, 0.4) is 0 Å². The molecule has 1 unspecified atom stereocenters. The van der Waals surface area contributed by atoms with Gasteiger partial charge >= 0.3 is 6.18 Å². The van der Waals surface area contributed by atoms with E-state index in [1.165, 1.54) is 17.7 Å². The first-order valence-corrected chi connectivity index (χ1v) is 12.7. The number of rotatable bonds is 5. The highest BCUT2D eigenvalue weighted by Gasteiger charge is 2.52. The summed E-state index contributed by atoms with van der Waals surface area (Å²) in [5.74, 6) is 6.13. The van der Waals surface area contributed by atoms with E-state index < -0.39 is 17.6 Å². The Balaban J connectivity index is 1.52. The molecule has 2 aliphatic rings. The van der Waals surface area contributed by atoms with Crippen LogP contribution >= 0.6 is 0 Å². The highest BCUT2D eigenvalue weighted by Crippen LogP contribution is 2.50. The first kappa shape index (κ1) is 26.8. The zero-order valence-corrected chi connectivity index (χ0v) is 21.4. The van der Waals surface area contributed by atoms with Crippen molar-refractivity contribution < 1.29 is 27.2 Å². The Labute approximate surface area is 217 Å². The van der Waals surface area contributed by atoms with E-state index in [2.05, 4.69) is 42.9 Å². The van der Waals surface area contributed by atoms with Gasteiger partial charge in [-0.25, -0.2) is 0 Å². The first-order chi connectivity index (χ1) is 17.6. The summed E-state index contributed by atoms with van der Waals surface area (Å²) in [6, 6.07) is 12.8. The maximum absolute atomic E-state index is 12.8. The van der Waals surface area contributed by atoms with Crippen molar-refractivity contribution >= 4 is 5.91 Å². The number of methoxy groups -OCH3 is 1. The average molecular weight is 512 g/mol. The molecule has 2 aromatic carbocycles. The predicted molar refractivity (Wildman–Crippen MR) is 138 cm³/mol. The number of piperidine rings is 1. The maximum Gasteiger partial charge on any atom is 0.416 e. The summed E-state index contributed by atoms with van der Waals surface area (Å²) in [7, 11) is 3.97. The van der Waals surface area contributed by atoms with Crippen molar-refractivity contribution in [2.45, 2.75) is 43.3 Å². The molecule has 1 saturated heterocycles. The molecule has 1 aliphatic heterocycles. The third-order valence-corrected chi connectivity index (χ3v) is 8.10. The van der Waals surface area contributed by atoms with Crippen LogP contribution in [0.2, 0.25) is 0 Å². The van der Waals surface area contributed by atoms with Gasteiger partial charge in [-0.2, -0.15) is 13.2 Å². The van der Waals surface area contributed by atoms with Gasteiger partial charge in [-0.05, 0) is 67.3 Å². The molecule has 4 atom stereocenters. The number of amides is 1. The van der Waals surface area contributed by atoms with Gasteiger partial charge in [0.15, 0.2) is 0 Å². The van der Waals surface area contributed by atoms with E-state index >= 15 is 0 Å². The smallest absolute Gasteiger partial charge is 0.416 e. The quantitative estimate of drug-likeness (QED) is 0.335. The number of carbonyl (C=O) groups is 1. The summed E-state index contributed by atoms with van der Waals surface area (Å²) in [5, 5.41) is 3.08. The number of fused-ring (bicyclic) bond motifs is 1. The Hall–Kier alpha value is -3.24. The molecule has 1 N–H and O–H groups in total. The summed E-state index contributed by atoms with van der Waals surface area (Å²) in [5.41, 5.74) is 0.796.